The molecule has 0 amide bonds. The highest BCUT2D eigenvalue weighted by Crippen LogP contribution is 2.42. The molecule has 0 unspecified atom stereocenters. The molecule has 0 bridgehead atoms. The maximum atomic E-state index is 5.10. The summed E-state index contributed by atoms with van der Waals surface area (Å²) in [4.78, 5) is 5.10. The van der Waals surface area contributed by atoms with E-state index >= 15 is 0 Å². The first-order valence-corrected chi connectivity index (χ1v) is 17.1. The van der Waals surface area contributed by atoms with E-state index in [9.17, 15) is 0 Å². The van der Waals surface area contributed by atoms with Crippen LogP contribution in [0.5, 0.6) is 0 Å². The number of aromatic nitrogens is 3. The molecule has 0 aliphatic carbocycles. The molecule has 234 valence electrons. The van der Waals surface area contributed by atoms with Crippen LogP contribution in [0, 0.1) is 0 Å². The molecule has 0 aliphatic rings. The Balaban J connectivity index is 1.21. The number of hydrogen-bond acceptors (Lipinski definition) is 1. The molecule has 0 spiro atoms. The number of fused-ring (bicyclic) bond motifs is 7. The fourth-order valence-electron chi connectivity index (χ4n) is 7.63. The van der Waals surface area contributed by atoms with E-state index in [1.54, 1.807) is 0 Å². The van der Waals surface area contributed by atoms with Crippen molar-refractivity contribution in [3.8, 4) is 45.0 Å². The molecule has 0 atom stereocenters. The highest BCUT2D eigenvalue weighted by molar-refractivity contribution is 6.23. The second kappa shape index (κ2) is 11.5. The zero-order valence-electron chi connectivity index (χ0n) is 27.2. The molecule has 3 heterocycles. The summed E-state index contributed by atoms with van der Waals surface area (Å²) in [6, 6.07) is 67.2. The van der Waals surface area contributed by atoms with Gasteiger partial charge in [0.15, 0.2) is 0 Å². The zero-order valence-corrected chi connectivity index (χ0v) is 27.2. The summed E-state index contributed by atoms with van der Waals surface area (Å²) in [5.41, 5.74) is 13.5. The lowest BCUT2D eigenvalue weighted by Crippen LogP contribution is -1.98. The van der Waals surface area contributed by atoms with Crippen molar-refractivity contribution in [2.45, 2.75) is 0 Å². The summed E-state index contributed by atoms with van der Waals surface area (Å²) in [5.74, 6) is 0. The lowest BCUT2D eigenvalue weighted by Gasteiger charge is -2.14. The highest BCUT2D eigenvalue weighted by atomic mass is 15.0. The maximum Gasteiger partial charge on any atom is 0.0788 e. The number of nitrogens with zero attached hydrogens (tertiary/aromatic N) is 3. The first-order chi connectivity index (χ1) is 24.8. The molecule has 0 saturated carbocycles. The van der Waals surface area contributed by atoms with Crippen molar-refractivity contribution in [3.05, 3.63) is 188 Å². The van der Waals surface area contributed by atoms with E-state index < -0.39 is 0 Å². The lowest BCUT2D eigenvalue weighted by molar-refractivity contribution is 1.15. The van der Waals surface area contributed by atoms with Gasteiger partial charge in [0.1, 0.15) is 0 Å². The van der Waals surface area contributed by atoms with E-state index in [0.29, 0.717) is 0 Å². The van der Waals surface area contributed by atoms with Gasteiger partial charge in [-0.1, -0.05) is 140 Å². The first-order valence-electron chi connectivity index (χ1n) is 17.1. The quantitative estimate of drug-likeness (QED) is 0.184. The Hall–Kier alpha value is -6.71. The molecule has 0 fully saturated rings. The molecular weight excluding hydrogens is 607 g/mol. The average molecular weight is 638 g/mol. The van der Waals surface area contributed by atoms with Crippen LogP contribution in [0.15, 0.2) is 188 Å². The van der Waals surface area contributed by atoms with Crippen LogP contribution in [0.1, 0.15) is 0 Å². The number of rotatable bonds is 5. The minimum Gasteiger partial charge on any atom is -0.307 e. The summed E-state index contributed by atoms with van der Waals surface area (Å²) in [6.45, 7) is 0. The van der Waals surface area contributed by atoms with Gasteiger partial charge in [0, 0.05) is 44.0 Å². The Morgan fingerprint density at radius 1 is 0.300 bits per heavy atom. The first kappa shape index (κ1) is 28.3. The Bertz CT molecular complexity index is 2770. The van der Waals surface area contributed by atoms with Gasteiger partial charge >= 0.3 is 0 Å². The van der Waals surface area contributed by atoms with E-state index in [2.05, 4.69) is 185 Å². The molecule has 7 aromatic carbocycles. The van der Waals surface area contributed by atoms with Crippen LogP contribution in [0.25, 0.3) is 88.6 Å². The van der Waals surface area contributed by atoms with Crippen molar-refractivity contribution in [2.75, 3.05) is 0 Å². The van der Waals surface area contributed by atoms with E-state index in [-0.39, 0.29) is 0 Å². The number of hydrogen-bond donors (Lipinski definition) is 0. The topological polar surface area (TPSA) is 22.8 Å². The molecule has 3 heteroatoms. The van der Waals surface area contributed by atoms with Crippen LogP contribution in [-0.4, -0.2) is 14.1 Å². The van der Waals surface area contributed by atoms with Gasteiger partial charge in [-0.15, -0.1) is 0 Å². The highest BCUT2D eigenvalue weighted by Gasteiger charge is 2.21. The third-order valence-corrected chi connectivity index (χ3v) is 9.91. The Morgan fingerprint density at radius 3 is 1.22 bits per heavy atom. The van der Waals surface area contributed by atoms with Gasteiger partial charge < -0.3 is 9.13 Å². The monoisotopic (exact) mass is 637 g/mol. The van der Waals surface area contributed by atoms with Gasteiger partial charge in [-0.3, -0.25) is 0 Å². The van der Waals surface area contributed by atoms with E-state index in [0.717, 1.165) is 45.0 Å². The van der Waals surface area contributed by atoms with E-state index in [1.165, 1.54) is 43.6 Å². The minimum atomic E-state index is 0.963. The van der Waals surface area contributed by atoms with Crippen molar-refractivity contribution in [2.24, 2.45) is 0 Å². The molecule has 10 aromatic rings. The molecule has 0 radical (unpaired) electrons. The van der Waals surface area contributed by atoms with Crippen molar-refractivity contribution in [1.29, 1.82) is 0 Å². The summed E-state index contributed by atoms with van der Waals surface area (Å²) in [6.07, 6.45) is 0. The van der Waals surface area contributed by atoms with Crippen LogP contribution in [0.3, 0.4) is 0 Å². The van der Waals surface area contributed by atoms with Crippen LogP contribution in [-0.2, 0) is 0 Å². The number of benzene rings is 7. The Morgan fingerprint density at radius 2 is 0.720 bits per heavy atom. The Kier molecular flexibility index (Phi) is 6.49. The molecule has 0 saturated heterocycles. The molecule has 0 N–H and O–H groups in total. The number of pyridine rings is 1. The summed E-state index contributed by atoms with van der Waals surface area (Å²) >= 11 is 0. The standard InChI is InChI=1S/C47H31N3/c1-4-14-33(15-5-1)42-30-35(31-43(48-42)34-16-6-2-7-17-34)32-24-26-37(27-25-32)50-45-23-13-11-21-39(45)41-29-28-40-38-20-10-12-22-44(38)49(46(40)47(41)50)36-18-8-3-9-19-36/h1-31H. The molecule has 10 rings (SSSR count). The number of para-hydroxylation sites is 3. The predicted octanol–water partition coefficient (Wildman–Crippen LogP) is 12.3. The second-order valence-electron chi connectivity index (χ2n) is 12.8. The van der Waals surface area contributed by atoms with Gasteiger partial charge in [-0.25, -0.2) is 4.98 Å². The van der Waals surface area contributed by atoms with E-state index in [1.807, 2.05) is 12.1 Å². The lowest BCUT2D eigenvalue weighted by atomic mass is 10.00. The van der Waals surface area contributed by atoms with Crippen LogP contribution >= 0.6 is 0 Å². The predicted molar refractivity (Wildman–Crippen MR) is 209 cm³/mol. The molecular formula is C47H31N3. The van der Waals surface area contributed by atoms with Crippen molar-refractivity contribution >= 4 is 43.6 Å². The summed E-state index contributed by atoms with van der Waals surface area (Å²) in [5, 5.41) is 4.98. The van der Waals surface area contributed by atoms with Crippen LogP contribution < -0.4 is 0 Å². The molecule has 50 heavy (non-hydrogen) atoms. The van der Waals surface area contributed by atoms with Gasteiger partial charge in [-0.2, -0.15) is 0 Å². The van der Waals surface area contributed by atoms with Gasteiger partial charge in [0.25, 0.3) is 0 Å². The average Bonchev–Trinajstić information content (AvgIpc) is 3.72. The van der Waals surface area contributed by atoms with Crippen LogP contribution in [0.4, 0.5) is 0 Å². The van der Waals surface area contributed by atoms with Gasteiger partial charge in [-0.05, 0) is 59.7 Å². The molecule has 3 nitrogen and oxygen atoms in total. The molecule has 3 aromatic heterocycles. The maximum absolute atomic E-state index is 5.10. The third-order valence-electron chi connectivity index (χ3n) is 9.91. The van der Waals surface area contributed by atoms with E-state index in [4.69, 9.17) is 4.98 Å². The normalized spacial score (nSPS) is 11.6. The summed E-state index contributed by atoms with van der Waals surface area (Å²) in [7, 11) is 0. The summed E-state index contributed by atoms with van der Waals surface area (Å²) < 4.78 is 4.89. The largest absolute Gasteiger partial charge is 0.307 e. The van der Waals surface area contributed by atoms with Crippen molar-refractivity contribution in [3.63, 3.8) is 0 Å². The minimum absolute atomic E-state index is 0.963. The van der Waals surface area contributed by atoms with Gasteiger partial charge in [0.05, 0.1) is 33.5 Å². The Labute approximate surface area is 290 Å². The zero-order chi connectivity index (χ0) is 33.0. The third kappa shape index (κ3) is 4.48. The van der Waals surface area contributed by atoms with Gasteiger partial charge in [0.2, 0.25) is 0 Å². The fourth-order valence-corrected chi connectivity index (χ4v) is 7.63. The SMILES string of the molecule is c1ccc(-c2cc(-c3ccc(-n4c5ccccc5c5ccc6c7ccccc7n(-c7ccccc7)c6c54)cc3)cc(-c3ccccc3)n2)cc1. The molecule has 0 aliphatic heterocycles. The smallest absolute Gasteiger partial charge is 0.0788 e. The van der Waals surface area contributed by atoms with Crippen molar-refractivity contribution in [1.82, 2.24) is 14.1 Å². The second-order valence-corrected chi connectivity index (χ2v) is 12.8. The fraction of sp³-hybridized carbons (Fsp3) is 0. The van der Waals surface area contributed by atoms with Crippen LogP contribution in [0.2, 0.25) is 0 Å². The van der Waals surface area contributed by atoms with Crippen molar-refractivity contribution < 1.29 is 0 Å².